The summed E-state index contributed by atoms with van der Waals surface area (Å²) in [7, 11) is -2.44. The molecular weight excluding hydrogens is 520 g/mol. The van der Waals surface area contributed by atoms with Gasteiger partial charge < -0.3 is 10.1 Å². The highest BCUT2D eigenvalue weighted by Gasteiger charge is 2.60. The van der Waals surface area contributed by atoms with E-state index in [0.29, 0.717) is 23.2 Å². The van der Waals surface area contributed by atoms with E-state index in [4.69, 9.17) is 4.74 Å². The molecule has 5 fully saturated rings. The third kappa shape index (κ3) is 4.11. The van der Waals surface area contributed by atoms with Crippen LogP contribution in [0.4, 0.5) is 0 Å². The quantitative estimate of drug-likeness (QED) is 0.521. The molecule has 1 aromatic carbocycles. The van der Waals surface area contributed by atoms with Crippen LogP contribution in [0.1, 0.15) is 64.2 Å². The number of carbonyl (C=O) groups excluding carboxylic acids is 2. The van der Waals surface area contributed by atoms with Crippen LogP contribution in [0, 0.1) is 23.2 Å². The summed E-state index contributed by atoms with van der Waals surface area (Å²) >= 11 is 3.34. The number of carbonyl (C=O) groups is 2. The van der Waals surface area contributed by atoms with Gasteiger partial charge >= 0.3 is 5.97 Å². The van der Waals surface area contributed by atoms with Crippen molar-refractivity contribution < 1.29 is 22.7 Å². The Balaban J connectivity index is 1.38. The predicted molar refractivity (Wildman–Crippen MR) is 130 cm³/mol. The van der Waals surface area contributed by atoms with Crippen molar-refractivity contribution >= 4 is 37.8 Å². The van der Waals surface area contributed by atoms with Gasteiger partial charge in [-0.1, -0.05) is 31.4 Å². The number of halogens is 1. The molecule has 2 atom stereocenters. The van der Waals surface area contributed by atoms with E-state index in [0.717, 1.165) is 51.4 Å². The summed E-state index contributed by atoms with van der Waals surface area (Å²) in [6, 6.07) is 6.66. The van der Waals surface area contributed by atoms with E-state index in [2.05, 4.69) is 26.0 Å². The van der Waals surface area contributed by atoms with Gasteiger partial charge in [0, 0.05) is 10.5 Å². The fourth-order valence-electron chi connectivity index (χ4n) is 7.52. The molecule has 1 aromatic rings. The van der Waals surface area contributed by atoms with Gasteiger partial charge in [-0.25, -0.2) is 8.42 Å². The molecule has 0 aromatic heterocycles. The maximum absolute atomic E-state index is 13.8. The van der Waals surface area contributed by atoms with Crippen LogP contribution in [0.25, 0.3) is 0 Å². The minimum atomic E-state index is -3.90. The molecule has 5 saturated carbocycles. The van der Waals surface area contributed by atoms with E-state index < -0.39 is 21.0 Å². The highest BCUT2D eigenvalue weighted by atomic mass is 79.9. The minimum Gasteiger partial charge on any atom is -0.469 e. The van der Waals surface area contributed by atoms with Gasteiger partial charge in [0.25, 0.3) is 0 Å². The van der Waals surface area contributed by atoms with Crippen LogP contribution < -0.4 is 10.0 Å². The smallest absolute Gasteiger partial charge is 0.311 e. The van der Waals surface area contributed by atoms with E-state index in [-0.39, 0.29) is 34.6 Å². The van der Waals surface area contributed by atoms with Gasteiger partial charge in [0.2, 0.25) is 15.9 Å². The molecule has 4 bridgehead atoms. The van der Waals surface area contributed by atoms with Crippen molar-refractivity contribution in [2.75, 3.05) is 7.11 Å². The van der Waals surface area contributed by atoms with Crippen LogP contribution in [0.15, 0.2) is 33.6 Å². The number of rotatable bonds is 6. The van der Waals surface area contributed by atoms with Crippen LogP contribution in [0.2, 0.25) is 0 Å². The van der Waals surface area contributed by atoms with Crippen molar-refractivity contribution in [3.05, 3.63) is 28.7 Å². The van der Waals surface area contributed by atoms with E-state index in [9.17, 15) is 18.0 Å². The van der Waals surface area contributed by atoms with Crippen molar-refractivity contribution in [3.8, 4) is 0 Å². The highest BCUT2D eigenvalue weighted by Crippen LogP contribution is 2.60. The molecule has 6 rings (SSSR count). The summed E-state index contributed by atoms with van der Waals surface area (Å²) in [6.07, 6.45) is 7.96. The number of hydrogen-bond donors (Lipinski definition) is 2. The number of nitrogens with one attached hydrogen (secondary N) is 2. The normalized spacial score (nSPS) is 33.9. The van der Waals surface area contributed by atoms with E-state index in [1.165, 1.54) is 7.11 Å². The molecule has 0 aliphatic heterocycles. The Morgan fingerprint density at radius 2 is 1.68 bits per heavy atom. The second-order valence-electron chi connectivity index (χ2n) is 10.9. The highest BCUT2D eigenvalue weighted by molar-refractivity contribution is 9.10. The first-order chi connectivity index (χ1) is 16.2. The molecule has 34 heavy (non-hydrogen) atoms. The summed E-state index contributed by atoms with van der Waals surface area (Å²) in [5.74, 6) is 0.640. The van der Waals surface area contributed by atoms with E-state index in [1.807, 2.05) is 0 Å². The van der Waals surface area contributed by atoms with Crippen molar-refractivity contribution in [3.63, 3.8) is 0 Å². The number of hydrogen-bond acceptors (Lipinski definition) is 5. The molecule has 1 amide bonds. The second-order valence-corrected chi connectivity index (χ2v) is 13.4. The summed E-state index contributed by atoms with van der Waals surface area (Å²) in [4.78, 5) is 26.6. The molecule has 0 spiro atoms. The van der Waals surface area contributed by atoms with E-state index >= 15 is 0 Å². The van der Waals surface area contributed by atoms with Gasteiger partial charge in [-0.05, 0) is 90.8 Å². The van der Waals surface area contributed by atoms with Gasteiger partial charge in [0.15, 0.2) is 0 Å². The van der Waals surface area contributed by atoms with Crippen LogP contribution in [-0.2, 0) is 24.3 Å². The Bertz CT molecular complexity index is 1070. The molecule has 5 aliphatic carbocycles. The van der Waals surface area contributed by atoms with Gasteiger partial charge in [-0.2, -0.15) is 4.72 Å². The zero-order valence-electron chi connectivity index (χ0n) is 19.5. The first-order valence-electron chi connectivity index (χ1n) is 12.4. The van der Waals surface area contributed by atoms with Crippen LogP contribution in [0.3, 0.4) is 0 Å². The molecule has 7 nitrogen and oxygen atoms in total. The average molecular weight is 554 g/mol. The monoisotopic (exact) mass is 552 g/mol. The Morgan fingerprint density at radius 3 is 2.29 bits per heavy atom. The summed E-state index contributed by atoms with van der Waals surface area (Å²) in [5, 5.41) is 3.31. The number of methoxy groups -OCH3 is 1. The number of amides is 1. The molecule has 0 saturated heterocycles. The molecule has 9 heteroatoms. The number of benzene rings is 1. The molecular formula is C25H33BrN2O5S. The maximum atomic E-state index is 13.8. The molecule has 2 unspecified atom stereocenters. The Hall–Kier alpha value is -1.45. The van der Waals surface area contributed by atoms with Crippen LogP contribution >= 0.6 is 15.9 Å². The summed E-state index contributed by atoms with van der Waals surface area (Å²) in [6.45, 7) is 0. The summed E-state index contributed by atoms with van der Waals surface area (Å²) in [5.41, 5.74) is -1.56. The molecule has 0 radical (unpaired) electrons. The maximum Gasteiger partial charge on any atom is 0.311 e. The first kappa shape index (κ1) is 24.3. The number of esters is 1. The number of ether oxygens (including phenoxy) is 1. The average Bonchev–Trinajstić information content (AvgIpc) is 2.80. The van der Waals surface area contributed by atoms with Gasteiger partial charge in [-0.3, -0.25) is 9.59 Å². The zero-order valence-corrected chi connectivity index (χ0v) is 21.9. The Kier molecular flexibility index (Phi) is 6.34. The standard InChI is InChI=1S/C25H33BrN2O5S/c1-33-23(30)24-13-16-11-17(14-24)21(18(12-16)15-24)27-22(29)25(9-5-2-6-10-25)28-34(31,32)20-8-4-3-7-19(20)26/h3-4,7-8,16-18,21,28H,2,5-6,9-15H2,1H3,(H,27,29). The lowest BCUT2D eigenvalue weighted by atomic mass is 9.48. The fourth-order valence-corrected chi connectivity index (χ4v) is 9.95. The van der Waals surface area contributed by atoms with E-state index in [1.54, 1.807) is 24.3 Å². The fraction of sp³-hybridized carbons (Fsp3) is 0.680. The predicted octanol–water partition coefficient (Wildman–Crippen LogP) is 3.91. The largest absolute Gasteiger partial charge is 0.469 e. The topological polar surface area (TPSA) is 102 Å². The Morgan fingerprint density at radius 1 is 1.03 bits per heavy atom. The molecule has 5 aliphatic rings. The van der Waals surface area contributed by atoms with Crippen molar-refractivity contribution in [1.82, 2.24) is 10.0 Å². The number of sulfonamides is 1. The lowest BCUT2D eigenvalue weighted by Crippen LogP contribution is -2.66. The van der Waals surface area contributed by atoms with Gasteiger partial charge in [0.05, 0.1) is 17.4 Å². The zero-order chi connectivity index (χ0) is 24.1. The van der Waals surface area contributed by atoms with Crippen molar-refractivity contribution in [2.24, 2.45) is 23.2 Å². The first-order valence-corrected chi connectivity index (χ1v) is 14.6. The third-order valence-corrected chi connectivity index (χ3v) is 11.3. The van der Waals surface area contributed by atoms with Crippen LogP contribution in [-0.4, -0.2) is 39.0 Å². The summed E-state index contributed by atoms with van der Waals surface area (Å²) < 4.78 is 35.2. The van der Waals surface area contributed by atoms with Gasteiger partial charge in [-0.15, -0.1) is 0 Å². The van der Waals surface area contributed by atoms with Gasteiger partial charge in [0.1, 0.15) is 5.54 Å². The third-order valence-electron chi connectivity index (χ3n) is 8.79. The van der Waals surface area contributed by atoms with Crippen molar-refractivity contribution in [2.45, 2.75) is 80.7 Å². The molecule has 0 heterocycles. The molecule has 2 N–H and O–H groups in total. The van der Waals surface area contributed by atoms with Crippen molar-refractivity contribution in [1.29, 1.82) is 0 Å². The lowest BCUT2D eigenvalue weighted by molar-refractivity contribution is -0.171. The minimum absolute atomic E-state index is 0.0198. The SMILES string of the molecule is COC(=O)C12CC3CC(C1)C(NC(=O)C1(NS(=O)(=O)c4ccccc4Br)CCCCC1)C(C3)C2. The lowest BCUT2D eigenvalue weighted by Gasteiger charge is -2.59. The Labute approximate surface area is 210 Å². The van der Waals surface area contributed by atoms with Crippen LogP contribution in [0.5, 0.6) is 0 Å². The molecule has 186 valence electrons. The second kappa shape index (κ2) is 8.89.